The van der Waals surface area contributed by atoms with Crippen LogP contribution in [0.5, 0.6) is 0 Å². The standard InChI is InChI=1S/C12H16N4O4/c1-3-14-10(17)7-15-12(18)8-5-4-6-9(16(19)20)11(8)13-2/h4-6,13H,3,7H2,1-2H3,(H,14,17)(H,15,18). The van der Waals surface area contributed by atoms with Crippen molar-refractivity contribution in [3.63, 3.8) is 0 Å². The lowest BCUT2D eigenvalue weighted by Gasteiger charge is -2.10. The molecule has 0 atom stereocenters. The van der Waals surface area contributed by atoms with Crippen LogP contribution in [0.25, 0.3) is 0 Å². The highest BCUT2D eigenvalue weighted by molar-refractivity contribution is 6.02. The summed E-state index contributed by atoms with van der Waals surface area (Å²) >= 11 is 0. The Morgan fingerprint density at radius 2 is 2.00 bits per heavy atom. The van der Waals surface area contributed by atoms with Gasteiger partial charge >= 0.3 is 0 Å². The number of hydrogen-bond acceptors (Lipinski definition) is 5. The molecule has 0 saturated carbocycles. The zero-order chi connectivity index (χ0) is 15.1. The largest absolute Gasteiger partial charge is 0.382 e. The number of para-hydroxylation sites is 1. The minimum Gasteiger partial charge on any atom is -0.382 e. The van der Waals surface area contributed by atoms with E-state index in [1.165, 1.54) is 25.2 Å². The van der Waals surface area contributed by atoms with E-state index in [9.17, 15) is 19.7 Å². The summed E-state index contributed by atoms with van der Waals surface area (Å²) in [6.07, 6.45) is 0. The van der Waals surface area contributed by atoms with Crippen LogP contribution in [-0.4, -0.2) is 36.9 Å². The summed E-state index contributed by atoms with van der Waals surface area (Å²) in [5.41, 5.74) is 0.0371. The number of amides is 2. The number of nitrogens with one attached hydrogen (secondary N) is 3. The fraction of sp³-hybridized carbons (Fsp3) is 0.333. The Balaban J connectivity index is 2.90. The van der Waals surface area contributed by atoms with Gasteiger partial charge in [-0.2, -0.15) is 0 Å². The molecule has 8 heteroatoms. The monoisotopic (exact) mass is 280 g/mol. The minimum absolute atomic E-state index is 0.117. The molecule has 0 bridgehead atoms. The summed E-state index contributed by atoms with van der Waals surface area (Å²) in [5, 5.41) is 18.5. The molecule has 108 valence electrons. The van der Waals surface area contributed by atoms with Gasteiger partial charge < -0.3 is 16.0 Å². The van der Waals surface area contributed by atoms with E-state index in [1.54, 1.807) is 6.92 Å². The molecule has 0 aliphatic carbocycles. The molecule has 0 aliphatic rings. The van der Waals surface area contributed by atoms with Crippen LogP contribution in [0.2, 0.25) is 0 Å². The summed E-state index contributed by atoms with van der Waals surface area (Å²) < 4.78 is 0. The van der Waals surface area contributed by atoms with E-state index in [0.29, 0.717) is 6.54 Å². The van der Waals surface area contributed by atoms with Crippen LogP contribution < -0.4 is 16.0 Å². The summed E-state index contributed by atoms with van der Waals surface area (Å²) in [4.78, 5) is 33.5. The Bertz CT molecular complexity index is 530. The predicted molar refractivity (Wildman–Crippen MR) is 73.7 cm³/mol. The molecule has 2 amide bonds. The van der Waals surface area contributed by atoms with Crippen LogP contribution in [-0.2, 0) is 4.79 Å². The fourth-order valence-corrected chi connectivity index (χ4v) is 1.66. The molecular weight excluding hydrogens is 264 g/mol. The first kappa shape index (κ1) is 15.4. The van der Waals surface area contributed by atoms with Crippen molar-refractivity contribution < 1.29 is 14.5 Å². The number of likely N-dealkylation sites (N-methyl/N-ethyl adjacent to an activating group) is 1. The Morgan fingerprint density at radius 3 is 2.55 bits per heavy atom. The van der Waals surface area contributed by atoms with Gasteiger partial charge in [0.15, 0.2) is 0 Å². The number of hydrogen-bond donors (Lipinski definition) is 3. The average Bonchev–Trinajstić information content (AvgIpc) is 2.44. The normalized spacial score (nSPS) is 9.70. The summed E-state index contributed by atoms with van der Waals surface area (Å²) in [5.74, 6) is -0.874. The van der Waals surface area contributed by atoms with E-state index < -0.39 is 10.8 Å². The average molecular weight is 280 g/mol. The molecule has 1 aromatic carbocycles. The molecule has 0 aliphatic heterocycles. The molecule has 0 saturated heterocycles. The molecule has 1 rings (SSSR count). The second-order valence-electron chi connectivity index (χ2n) is 3.84. The van der Waals surface area contributed by atoms with Crippen molar-refractivity contribution in [3.8, 4) is 0 Å². The molecule has 20 heavy (non-hydrogen) atoms. The van der Waals surface area contributed by atoms with Gasteiger partial charge in [0.25, 0.3) is 11.6 Å². The number of carbonyl (C=O) groups is 2. The molecule has 8 nitrogen and oxygen atoms in total. The van der Waals surface area contributed by atoms with Crippen molar-refractivity contribution in [1.29, 1.82) is 0 Å². The first-order valence-corrected chi connectivity index (χ1v) is 6.01. The first-order chi connectivity index (χ1) is 9.51. The fourth-order valence-electron chi connectivity index (χ4n) is 1.66. The van der Waals surface area contributed by atoms with Crippen molar-refractivity contribution in [2.45, 2.75) is 6.92 Å². The van der Waals surface area contributed by atoms with E-state index in [0.717, 1.165) is 0 Å². The van der Waals surface area contributed by atoms with Crippen molar-refractivity contribution >= 4 is 23.2 Å². The van der Waals surface area contributed by atoms with Gasteiger partial charge in [-0.1, -0.05) is 6.07 Å². The van der Waals surface area contributed by atoms with Gasteiger partial charge in [0, 0.05) is 19.7 Å². The topological polar surface area (TPSA) is 113 Å². The quantitative estimate of drug-likeness (QED) is 0.519. The van der Waals surface area contributed by atoms with E-state index in [4.69, 9.17) is 0 Å². The van der Waals surface area contributed by atoms with Crippen molar-refractivity contribution in [2.75, 3.05) is 25.5 Å². The van der Waals surface area contributed by atoms with E-state index in [2.05, 4.69) is 16.0 Å². The van der Waals surface area contributed by atoms with Gasteiger partial charge in [-0.25, -0.2) is 0 Å². The highest BCUT2D eigenvalue weighted by Gasteiger charge is 2.20. The summed E-state index contributed by atoms with van der Waals surface area (Å²) in [6, 6.07) is 4.16. The van der Waals surface area contributed by atoms with Crippen LogP contribution in [0.1, 0.15) is 17.3 Å². The Kier molecular flexibility index (Phi) is 5.45. The molecule has 0 radical (unpaired) electrons. The van der Waals surface area contributed by atoms with Gasteiger partial charge in [0.2, 0.25) is 5.91 Å². The maximum Gasteiger partial charge on any atom is 0.293 e. The maximum absolute atomic E-state index is 12.0. The van der Waals surface area contributed by atoms with Crippen molar-refractivity contribution in [3.05, 3.63) is 33.9 Å². The zero-order valence-electron chi connectivity index (χ0n) is 11.2. The number of nitro groups is 1. The van der Waals surface area contributed by atoms with E-state index in [-0.39, 0.29) is 29.4 Å². The maximum atomic E-state index is 12.0. The third-order valence-corrected chi connectivity index (χ3v) is 2.52. The van der Waals surface area contributed by atoms with E-state index in [1.807, 2.05) is 0 Å². The van der Waals surface area contributed by atoms with Gasteiger partial charge in [-0.3, -0.25) is 19.7 Å². The van der Waals surface area contributed by atoms with Crippen LogP contribution in [0.3, 0.4) is 0 Å². The minimum atomic E-state index is -0.577. The number of anilines is 1. The molecule has 0 unspecified atom stereocenters. The Hall–Kier alpha value is -2.64. The SMILES string of the molecule is CCNC(=O)CNC(=O)c1cccc([N+](=O)[O-])c1NC. The number of rotatable bonds is 6. The highest BCUT2D eigenvalue weighted by Crippen LogP contribution is 2.27. The predicted octanol–water partition coefficient (Wildman–Crippen LogP) is 0.502. The Labute approximate surface area is 115 Å². The second-order valence-corrected chi connectivity index (χ2v) is 3.84. The van der Waals surface area contributed by atoms with Gasteiger partial charge in [0.1, 0.15) is 5.69 Å². The lowest BCUT2D eigenvalue weighted by molar-refractivity contribution is -0.384. The lowest BCUT2D eigenvalue weighted by atomic mass is 10.1. The molecule has 3 N–H and O–H groups in total. The molecule has 0 heterocycles. The second kappa shape index (κ2) is 7.07. The van der Waals surface area contributed by atoms with Gasteiger partial charge in [-0.05, 0) is 13.0 Å². The third-order valence-electron chi connectivity index (χ3n) is 2.52. The van der Waals surface area contributed by atoms with Gasteiger partial charge in [-0.15, -0.1) is 0 Å². The number of nitrogens with zero attached hydrogens (tertiary/aromatic N) is 1. The molecule has 0 fully saturated rings. The summed E-state index contributed by atoms with van der Waals surface area (Å²) in [6.45, 7) is 2.05. The van der Waals surface area contributed by atoms with E-state index >= 15 is 0 Å². The number of carbonyl (C=O) groups excluding carboxylic acids is 2. The molecule has 1 aromatic rings. The highest BCUT2D eigenvalue weighted by atomic mass is 16.6. The number of benzene rings is 1. The molecule has 0 aromatic heterocycles. The van der Waals surface area contributed by atoms with Crippen molar-refractivity contribution in [2.24, 2.45) is 0 Å². The van der Waals surface area contributed by atoms with Crippen LogP contribution in [0.15, 0.2) is 18.2 Å². The number of nitro benzene ring substituents is 1. The zero-order valence-corrected chi connectivity index (χ0v) is 11.2. The third kappa shape index (κ3) is 3.67. The van der Waals surface area contributed by atoms with Crippen molar-refractivity contribution in [1.82, 2.24) is 10.6 Å². The lowest BCUT2D eigenvalue weighted by Crippen LogP contribution is -2.37. The smallest absolute Gasteiger partial charge is 0.293 e. The first-order valence-electron chi connectivity index (χ1n) is 6.01. The molecule has 0 spiro atoms. The Morgan fingerprint density at radius 1 is 1.30 bits per heavy atom. The summed E-state index contributed by atoms with van der Waals surface area (Å²) in [7, 11) is 1.49. The van der Waals surface area contributed by atoms with Crippen LogP contribution in [0.4, 0.5) is 11.4 Å². The van der Waals surface area contributed by atoms with Gasteiger partial charge in [0.05, 0.1) is 17.0 Å². The molecular formula is C12H16N4O4. The van der Waals surface area contributed by atoms with Crippen LogP contribution >= 0.6 is 0 Å². The van der Waals surface area contributed by atoms with Crippen LogP contribution in [0, 0.1) is 10.1 Å².